The van der Waals surface area contributed by atoms with Gasteiger partial charge in [-0.05, 0) is 68.5 Å². The number of pyridine rings is 1. The first-order chi connectivity index (χ1) is 14.0. The van der Waals surface area contributed by atoms with Crippen molar-refractivity contribution in [2.75, 3.05) is 0 Å². The van der Waals surface area contributed by atoms with Crippen molar-refractivity contribution in [3.8, 4) is 22.6 Å². The van der Waals surface area contributed by atoms with E-state index in [2.05, 4.69) is 22.1 Å². The Hall–Kier alpha value is -3.34. The summed E-state index contributed by atoms with van der Waals surface area (Å²) < 4.78 is 8.00. The Kier molecular flexibility index (Phi) is 4.05. The predicted molar refractivity (Wildman–Crippen MR) is 115 cm³/mol. The van der Waals surface area contributed by atoms with Crippen molar-refractivity contribution in [2.45, 2.75) is 32.6 Å². The van der Waals surface area contributed by atoms with Gasteiger partial charge in [-0.1, -0.05) is 12.1 Å². The number of hydrogen-bond donors (Lipinski definition) is 1. The molecule has 0 radical (unpaired) electrons. The van der Waals surface area contributed by atoms with Crippen LogP contribution in [0.4, 0.5) is 0 Å². The van der Waals surface area contributed by atoms with Crippen LogP contribution in [-0.2, 0) is 7.05 Å². The van der Waals surface area contributed by atoms with Gasteiger partial charge in [0.2, 0.25) is 0 Å². The number of rotatable bonds is 4. The van der Waals surface area contributed by atoms with E-state index in [1.54, 1.807) is 11.6 Å². The van der Waals surface area contributed by atoms with Crippen LogP contribution in [0.5, 0.6) is 11.5 Å². The molecule has 1 saturated carbocycles. The van der Waals surface area contributed by atoms with E-state index in [1.807, 2.05) is 50.4 Å². The van der Waals surface area contributed by atoms with Gasteiger partial charge in [-0.2, -0.15) is 0 Å². The number of hydrogen-bond acceptors (Lipinski definition) is 3. The lowest BCUT2D eigenvalue weighted by Crippen LogP contribution is -2.18. The maximum Gasteiger partial charge on any atom is 0.253 e. The second kappa shape index (κ2) is 6.62. The Morgan fingerprint density at radius 1 is 1.10 bits per heavy atom. The van der Waals surface area contributed by atoms with Crippen LogP contribution in [0, 0.1) is 13.8 Å². The van der Waals surface area contributed by atoms with Crippen LogP contribution in [0.1, 0.15) is 35.7 Å². The van der Waals surface area contributed by atoms with E-state index in [9.17, 15) is 4.79 Å². The molecule has 1 fully saturated rings. The van der Waals surface area contributed by atoms with E-state index < -0.39 is 0 Å². The molecule has 4 aromatic rings. The Balaban J connectivity index is 1.65. The van der Waals surface area contributed by atoms with Gasteiger partial charge in [0, 0.05) is 29.9 Å². The van der Waals surface area contributed by atoms with Crippen LogP contribution >= 0.6 is 0 Å². The summed E-state index contributed by atoms with van der Waals surface area (Å²) in [4.78, 5) is 20.1. The summed E-state index contributed by atoms with van der Waals surface area (Å²) in [7, 11) is 1.77. The molecular weight excluding hydrogens is 362 g/mol. The minimum atomic E-state index is 0.00331. The topological polar surface area (TPSA) is 59.9 Å². The van der Waals surface area contributed by atoms with Gasteiger partial charge in [0.25, 0.3) is 5.56 Å². The molecule has 2 aromatic carbocycles. The quantitative estimate of drug-likeness (QED) is 0.524. The average molecular weight is 385 g/mol. The molecule has 0 aliphatic heterocycles. The molecule has 0 unspecified atom stereocenters. The molecule has 0 atom stereocenters. The molecule has 5 heteroatoms. The number of ether oxygens (including phenoxy) is 1. The van der Waals surface area contributed by atoms with Crippen LogP contribution in [0.25, 0.3) is 22.2 Å². The van der Waals surface area contributed by atoms with Gasteiger partial charge in [-0.15, -0.1) is 0 Å². The van der Waals surface area contributed by atoms with Gasteiger partial charge < -0.3 is 14.3 Å². The van der Waals surface area contributed by atoms with Gasteiger partial charge in [-0.3, -0.25) is 4.79 Å². The first kappa shape index (κ1) is 17.7. The van der Waals surface area contributed by atoms with Crippen molar-refractivity contribution < 1.29 is 4.74 Å². The molecular formula is C24H23N3O2. The van der Waals surface area contributed by atoms with Gasteiger partial charge in [0.15, 0.2) is 5.75 Å². The van der Waals surface area contributed by atoms with Gasteiger partial charge in [0.05, 0.1) is 5.52 Å². The largest absolute Gasteiger partial charge is 0.454 e. The Bertz CT molecular complexity index is 1250. The number of benzene rings is 2. The number of H-pyrrole nitrogens is 1. The molecule has 0 spiro atoms. The fourth-order valence-corrected chi connectivity index (χ4v) is 3.87. The van der Waals surface area contributed by atoms with Crippen LogP contribution in [0.2, 0.25) is 0 Å². The molecule has 2 heterocycles. The van der Waals surface area contributed by atoms with E-state index in [0.717, 1.165) is 33.7 Å². The van der Waals surface area contributed by atoms with Crippen LogP contribution in [0.3, 0.4) is 0 Å². The smallest absolute Gasteiger partial charge is 0.253 e. The maximum absolute atomic E-state index is 12.2. The number of aromatic nitrogens is 3. The van der Waals surface area contributed by atoms with Crippen LogP contribution in [-0.4, -0.2) is 14.5 Å². The fraction of sp³-hybridized carbons (Fsp3) is 0.250. The number of fused-ring (bicyclic) bond motifs is 1. The third-order valence-corrected chi connectivity index (χ3v) is 5.55. The minimum Gasteiger partial charge on any atom is -0.454 e. The zero-order valence-electron chi connectivity index (χ0n) is 16.8. The summed E-state index contributed by atoms with van der Waals surface area (Å²) in [5.41, 5.74) is 5.63. The highest BCUT2D eigenvalue weighted by atomic mass is 16.5. The lowest BCUT2D eigenvalue weighted by Gasteiger charge is -2.14. The molecule has 0 saturated heterocycles. The lowest BCUT2D eigenvalue weighted by atomic mass is 10.0. The first-order valence-electron chi connectivity index (χ1n) is 9.94. The monoisotopic (exact) mass is 385 g/mol. The number of nitrogens with one attached hydrogen (secondary N) is 1. The summed E-state index contributed by atoms with van der Waals surface area (Å²) in [5.74, 6) is 3.03. The standard InChI is InChI=1S/C24H23N3O2/c1-14-12-18(13-27(3)24(14)28)20-10-11-21-22(26-15(2)25-21)23(20)29-19-8-6-17(7-9-19)16-4-5-16/h6-13,16H,4-5H2,1-3H3,(H,25,26). The van der Waals surface area contributed by atoms with Crippen molar-refractivity contribution in [3.05, 3.63) is 76.0 Å². The Labute approximate surface area is 169 Å². The van der Waals surface area contributed by atoms with Gasteiger partial charge in [-0.25, -0.2) is 4.98 Å². The SMILES string of the molecule is Cc1nc2c(Oc3ccc(C4CC4)cc3)c(-c3cc(C)c(=O)n(C)c3)ccc2[nH]1. The van der Waals surface area contributed by atoms with E-state index in [1.165, 1.54) is 18.4 Å². The van der Waals surface area contributed by atoms with Crippen molar-refractivity contribution in [1.29, 1.82) is 0 Å². The third kappa shape index (κ3) is 3.23. The molecule has 1 aliphatic carbocycles. The van der Waals surface area contributed by atoms with Crippen molar-refractivity contribution in [2.24, 2.45) is 7.05 Å². The highest BCUT2D eigenvalue weighted by molar-refractivity contribution is 5.91. The predicted octanol–water partition coefficient (Wildman–Crippen LogP) is 5.22. The molecule has 1 N–H and O–H groups in total. The lowest BCUT2D eigenvalue weighted by molar-refractivity contribution is 0.488. The Morgan fingerprint density at radius 3 is 2.55 bits per heavy atom. The molecule has 0 bridgehead atoms. The number of imidazole rings is 1. The Morgan fingerprint density at radius 2 is 1.86 bits per heavy atom. The van der Waals surface area contributed by atoms with E-state index in [4.69, 9.17) is 4.74 Å². The summed E-state index contributed by atoms with van der Waals surface area (Å²) in [6.07, 6.45) is 4.41. The molecule has 0 amide bonds. The van der Waals surface area contributed by atoms with Gasteiger partial charge in [0.1, 0.15) is 17.1 Å². The average Bonchev–Trinajstić information content (AvgIpc) is 3.47. The van der Waals surface area contributed by atoms with Gasteiger partial charge >= 0.3 is 0 Å². The highest BCUT2D eigenvalue weighted by Crippen LogP contribution is 2.42. The zero-order chi connectivity index (χ0) is 20.1. The number of aryl methyl sites for hydroxylation is 3. The second-order valence-electron chi connectivity index (χ2n) is 7.93. The molecule has 1 aliphatic rings. The van der Waals surface area contributed by atoms with E-state index in [0.29, 0.717) is 17.2 Å². The first-order valence-corrected chi connectivity index (χ1v) is 9.94. The molecule has 5 nitrogen and oxygen atoms in total. The summed E-state index contributed by atoms with van der Waals surface area (Å²) in [5, 5.41) is 0. The zero-order valence-corrected chi connectivity index (χ0v) is 16.8. The minimum absolute atomic E-state index is 0.00331. The summed E-state index contributed by atoms with van der Waals surface area (Å²) >= 11 is 0. The second-order valence-corrected chi connectivity index (χ2v) is 7.93. The van der Waals surface area contributed by atoms with Crippen molar-refractivity contribution in [3.63, 3.8) is 0 Å². The summed E-state index contributed by atoms with van der Waals surface area (Å²) in [6.45, 7) is 3.77. The van der Waals surface area contributed by atoms with Crippen LogP contribution < -0.4 is 10.3 Å². The van der Waals surface area contributed by atoms with E-state index in [-0.39, 0.29) is 5.56 Å². The number of nitrogens with zero attached hydrogens (tertiary/aromatic N) is 2. The van der Waals surface area contributed by atoms with Crippen molar-refractivity contribution in [1.82, 2.24) is 14.5 Å². The molecule has 146 valence electrons. The fourth-order valence-electron chi connectivity index (χ4n) is 3.87. The molecule has 29 heavy (non-hydrogen) atoms. The normalized spacial score (nSPS) is 13.8. The van der Waals surface area contributed by atoms with Crippen LogP contribution in [0.15, 0.2) is 53.5 Å². The van der Waals surface area contributed by atoms with Crippen molar-refractivity contribution >= 4 is 11.0 Å². The molecule has 5 rings (SSSR count). The number of aromatic amines is 1. The molecule has 2 aromatic heterocycles. The van der Waals surface area contributed by atoms with E-state index >= 15 is 0 Å². The highest BCUT2D eigenvalue weighted by Gasteiger charge is 2.23. The summed E-state index contributed by atoms with van der Waals surface area (Å²) in [6, 6.07) is 14.3. The maximum atomic E-state index is 12.2. The third-order valence-electron chi connectivity index (χ3n) is 5.55.